The first kappa shape index (κ1) is 14.3. The van der Waals surface area contributed by atoms with Crippen LogP contribution in [0.15, 0.2) is 18.2 Å². The number of rotatable bonds is 5. The summed E-state index contributed by atoms with van der Waals surface area (Å²) in [6.45, 7) is 0.631. The lowest BCUT2D eigenvalue weighted by molar-refractivity contribution is 0.190. The second-order valence-electron chi connectivity index (χ2n) is 4.47. The van der Waals surface area contributed by atoms with E-state index in [1.165, 1.54) is 17.0 Å². The summed E-state index contributed by atoms with van der Waals surface area (Å²) in [5.41, 5.74) is 1.34. The third kappa shape index (κ3) is 3.45. The first-order valence-corrected chi connectivity index (χ1v) is 6.34. The number of urea groups is 1. The normalized spacial score (nSPS) is 10.8. The number of carbonyl (C=O) groups is 1. The number of nitrogens with one attached hydrogen (secondary N) is 2. The zero-order chi connectivity index (χ0) is 14.5. The number of amides is 2. The highest BCUT2D eigenvalue weighted by atomic mass is 19.1. The maximum absolute atomic E-state index is 13.0. The van der Waals surface area contributed by atoms with Crippen LogP contribution in [-0.4, -0.2) is 52.7 Å². The fraction of sp³-hybridized carbons (Fsp3) is 0.385. The average Bonchev–Trinajstić information content (AvgIpc) is 2.80. The second-order valence-corrected chi connectivity index (χ2v) is 4.47. The standard InChI is InChI=1S/C13H17FN4O2/c1-18(6-7-19)13(20)15-5-4-12-16-10-3-2-9(14)8-11(10)17-12/h2-3,8,19H,4-7H2,1H3,(H,15,20)(H,16,17). The highest BCUT2D eigenvalue weighted by Crippen LogP contribution is 2.12. The van der Waals surface area contributed by atoms with Gasteiger partial charge in [0.05, 0.1) is 17.6 Å². The van der Waals surface area contributed by atoms with Gasteiger partial charge in [0.2, 0.25) is 0 Å². The number of carbonyl (C=O) groups excluding carboxylic acids is 1. The third-order valence-corrected chi connectivity index (χ3v) is 2.91. The fourth-order valence-corrected chi connectivity index (χ4v) is 1.83. The number of halogens is 1. The Morgan fingerprint density at radius 3 is 3.10 bits per heavy atom. The summed E-state index contributed by atoms with van der Waals surface area (Å²) in [4.78, 5) is 20.3. The molecule has 2 rings (SSSR count). The van der Waals surface area contributed by atoms with Crippen LogP contribution >= 0.6 is 0 Å². The molecule has 108 valence electrons. The van der Waals surface area contributed by atoms with Gasteiger partial charge in [-0.15, -0.1) is 0 Å². The minimum Gasteiger partial charge on any atom is -0.395 e. The van der Waals surface area contributed by atoms with Crippen molar-refractivity contribution in [3.63, 3.8) is 0 Å². The lowest BCUT2D eigenvalue weighted by Crippen LogP contribution is -2.39. The number of H-pyrrole nitrogens is 1. The van der Waals surface area contributed by atoms with E-state index in [-0.39, 0.29) is 25.0 Å². The van der Waals surface area contributed by atoms with Gasteiger partial charge in [-0.25, -0.2) is 14.2 Å². The van der Waals surface area contributed by atoms with Crippen LogP contribution < -0.4 is 5.32 Å². The minimum absolute atomic E-state index is 0.0704. The smallest absolute Gasteiger partial charge is 0.317 e. The molecule has 1 heterocycles. The van der Waals surface area contributed by atoms with E-state index in [2.05, 4.69) is 15.3 Å². The molecule has 0 atom stereocenters. The van der Waals surface area contributed by atoms with Crippen LogP contribution in [0.1, 0.15) is 5.82 Å². The van der Waals surface area contributed by atoms with Crippen LogP contribution in [0.5, 0.6) is 0 Å². The van der Waals surface area contributed by atoms with Crippen molar-refractivity contribution < 1.29 is 14.3 Å². The maximum Gasteiger partial charge on any atom is 0.317 e. The van der Waals surface area contributed by atoms with Gasteiger partial charge in [0, 0.05) is 26.6 Å². The summed E-state index contributed by atoms with van der Waals surface area (Å²) in [5.74, 6) is 0.377. The first-order valence-electron chi connectivity index (χ1n) is 6.34. The van der Waals surface area contributed by atoms with Crippen molar-refractivity contribution in [2.45, 2.75) is 6.42 Å². The maximum atomic E-state index is 13.0. The molecule has 0 aliphatic carbocycles. The number of imidazole rings is 1. The molecule has 0 aliphatic rings. The molecule has 20 heavy (non-hydrogen) atoms. The minimum atomic E-state index is -0.313. The number of benzene rings is 1. The van der Waals surface area contributed by atoms with Gasteiger partial charge in [-0.1, -0.05) is 0 Å². The number of hydrogen-bond acceptors (Lipinski definition) is 3. The topological polar surface area (TPSA) is 81.2 Å². The number of likely N-dealkylation sites (N-methyl/N-ethyl adjacent to an activating group) is 1. The molecule has 0 unspecified atom stereocenters. The average molecular weight is 280 g/mol. The van der Waals surface area contributed by atoms with Crippen LogP contribution in [0.25, 0.3) is 11.0 Å². The lowest BCUT2D eigenvalue weighted by Gasteiger charge is -2.16. The number of aromatic nitrogens is 2. The molecule has 1 aromatic heterocycles. The van der Waals surface area contributed by atoms with Crippen LogP contribution in [0.3, 0.4) is 0 Å². The van der Waals surface area contributed by atoms with Crippen molar-refractivity contribution in [1.82, 2.24) is 20.2 Å². The molecule has 3 N–H and O–H groups in total. The second kappa shape index (κ2) is 6.33. The van der Waals surface area contributed by atoms with Crippen LogP contribution in [0, 0.1) is 5.82 Å². The summed E-state index contributed by atoms with van der Waals surface area (Å²) in [7, 11) is 1.61. The number of fused-ring (bicyclic) bond motifs is 1. The van der Waals surface area contributed by atoms with Gasteiger partial charge in [-0.3, -0.25) is 0 Å². The van der Waals surface area contributed by atoms with Crippen LogP contribution in [0.2, 0.25) is 0 Å². The van der Waals surface area contributed by atoms with Crippen molar-refractivity contribution in [3.8, 4) is 0 Å². The highest BCUT2D eigenvalue weighted by Gasteiger charge is 2.08. The molecule has 0 bridgehead atoms. The molecule has 0 saturated carbocycles. The van der Waals surface area contributed by atoms with Gasteiger partial charge in [0.15, 0.2) is 0 Å². The fourth-order valence-electron chi connectivity index (χ4n) is 1.83. The van der Waals surface area contributed by atoms with Gasteiger partial charge in [-0.2, -0.15) is 0 Å². The summed E-state index contributed by atoms with van der Waals surface area (Å²) >= 11 is 0. The SMILES string of the molecule is CN(CCO)C(=O)NCCc1nc2ccc(F)cc2[nH]1. The van der Waals surface area contributed by atoms with Gasteiger partial charge >= 0.3 is 6.03 Å². The Labute approximate surface area is 115 Å². The van der Waals surface area contributed by atoms with E-state index in [1.807, 2.05) is 0 Å². The predicted octanol–water partition coefficient (Wildman–Crippen LogP) is 0.878. The molecule has 7 heteroatoms. The van der Waals surface area contributed by atoms with Crippen molar-refractivity contribution in [2.75, 3.05) is 26.7 Å². The van der Waals surface area contributed by atoms with Crippen LogP contribution in [0.4, 0.5) is 9.18 Å². The lowest BCUT2D eigenvalue weighted by atomic mass is 10.3. The van der Waals surface area contributed by atoms with Crippen molar-refractivity contribution in [1.29, 1.82) is 0 Å². The molecular formula is C13H17FN4O2. The molecule has 2 aromatic rings. The largest absolute Gasteiger partial charge is 0.395 e. The molecular weight excluding hydrogens is 263 g/mol. The van der Waals surface area contributed by atoms with Gasteiger partial charge < -0.3 is 20.3 Å². The molecule has 2 amide bonds. The zero-order valence-corrected chi connectivity index (χ0v) is 11.2. The Bertz CT molecular complexity index is 599. The molecule has 0 aliphatic heterocycles. The monoisotopic (exact) mass is 280 g/mol. The summed E-state index contributed by atoms with van der Waals surface area (Å²) in [5, 5.41) is 11.4. The van der Waals surface area contributed by atoms with E-state index < -0.39 is 0 Å². The molecule has 0 fully saturated rings. The summed E-state index contributed by atoms with van der Waals surface area (Å²) in [6.07, 6.45) is 0.523. The Morgan fingerprint density at radius 1 is 1.55 bits per heavy atom. The van der Waals surface area contributed by atoms with Gasteiger partial charge in [0.1, 0.15) is 11.6 Å². The van der Waals surface area contributed by atoms with Gasteiger partial charge in [-0.05, 0) is 18.2 Å². The number of nitrogens with zero attached hydrogens (tertiary/aromatic N) is 2. The summed E-state index contributed by atoms with van der Waals surface area (Å²) in [6, 6.07) is 4.11. The van der Waals surface area contributed by atoms with E-state index >= 15 is 0 Å². The highest BCUT2D eigenvalue weighted by molar-refractivity contribution is 5.75. The first-order chi connectivity index (χ1) is 9.60. The van der Waals surface area contributed by atoms with E-state index in [0.717, 1.165) is 0 Å². The molecule has 6 nitrogen and oxygen atoms in total. The van der Waals surface area contributed by atoms with Crippen molar-refractivity contribution in [2.24, 2.45) is 0 Å². The Kier molecular flexibility index (Phi) is 4.52. The molecule has 0 saturated heterocycles. The van der Waals surface area contributed by atoms with Crippen molar-refractivity contribution in [3.05, 3.63) is 29.8 Å². The molecule has 0 spiro atoms. The Balaban J connectivity index is 1.88. The third-order valence-electron chi connectivity index (χ3n) is 2.91. The Morgan fingerprint density at radius 2 is 2.35 bits per heavy atom. The number of aromatic amines is 1. The number of aliphatic hydroxyl groups excluding tert-OH is 1. The quantitative estimate of drug-likeness (QED) is 0.760. The van der Waals surface area contributed by atoms with E-state index in [9.17, 15) is 9.18 Å². The van der Waals surface area contributed by atoms with E-state index in [0.29, 0.717) is 29.8 Å². The summed E-state index contributed by atoms with van der Waals surface area (Å²) < 4.78 is 13.0. The molecule has 0 radical (unpaired) electrons. The number of hydrogen-bond donors (Lipinski definition) is 3. The zero-order valence-electron chi connectivity index (χ0n) is 11.2. The van der Waals surface area contributed by atoms with E-state index in [1.54, 1.807) is 13.1 Å². The van der Waals surface area contributed by atoms with E-state index in [4.69, 9.17) is 5.11 Å². The van der Waals surface area contributed by atoms with Crippen LogP contribution in [-0.2, 0) is 6.42 Å². The van der Waals surface area contributed by atoms with Gasteiger partial charge in [0.25, 0.3) is 0 Å². The van der Waals surface area contributed by atoms with Crippen molar-refractivity contribution >= 4 is 17.1 Å². The molecule has 1 aromatic carbocycles. The Hall–Kier alpha value is -2.15. The number of aliphatic hydroxyl groups is 1. The predicted molar refractivity (Wildman–Crippen MR) is 72.9 cm³/mol.